The molecule has 1 saturated carbocycles. The third kappa shape index (κ3) is 4.81. The van der Waals surface area contributed by atoms with Gasteiger partial charge < -0.3 is 5.32 Å². The van der Waals surface area contributed by atoms with Crippen LogP contribution in [0, 0.1) is 22.7 Å². The molecule has 0 aromatic carbocycles. The van der Waals surface area contributed by atoms with Gasteiger partial charge in [0.05, 0.1) is 6.07 Å². The minimum Gasteiger partial charge on any atom is -0.355 e. The second-order valence-electron chi connectivity index (χ2n) is 6.24. The van der Waals surface area contributed by atoms with Gasteiger partial charge in [0, 0.05) is 6.54 Å². The summed E-state index contributed by atoms with van der Waals surface area (Å²) >= 11 is 0. The Morgan fingerprint density at radius 1 is 1.25 bits per heavy atom. The highest BCUT2D eigenvalue weighted by Crippen LogP contribution is 2.30. The second-order valence-corrected chi connectivity index (χ2v) is 6.24. The van der Waals surface area contributed by atoms with Gasteiger partial charge in [0.2, 0.25) is 5.91 Å². The fraction of sp³-hybridized carbons (Fsp3) is 0.882. The first kappa shape index (κ1) is 17.0. The van der Waals surface area contributed by atoms with Crippen LogP contribution in [0.2, 0.25) is 0 Å². The summed E-state index contributed by atoms with van der Waals surface area (Å²) in [6.07, 6.45) is 10.9. The van der Waals surface area contributed by atoms with E-state index in [0.717, 1.165) is 31.7 Å². The lowest BCUT2D eigenvalue weighted by molar-refractivity contribution is -0.128. The highest BCUT2D eigenvalue weighted by atomic mass is 16.2. The van der Waals surface area contributed by atoms with Gasteiger partial charge in [-0.2, -0.15) is 5.26 Å². The highest BCUT2D eigenvalue weighted by molar-refractivity contribution is 5.85. The lowest BCUT2D eigenvalue weighted by atomic mass is 9.79. The Bertz CT molecular complexity index is 320. The van der Waals surface area contributed by atoms with Gasteiger partial charge >= 0.3 is 0 Å². The molecule has 1 aliphatic rings. The highest BCUT2D eigenvalue weighted by Gasteiger charge is 2.36. The summed E-state index contributed by atoms with van der Waals surface area (Å²) in [5.74, 6) is 0.828. The summed E-state index contributed by atoms with van der Waals surface area (Å²) in [5.41, 5.74) is -0.795. The first-order chi connectivity index (χ1) is 9.68. The number of nitrogens with one attached hydrogen (secondary N) is 1. The Hall–Kier alpha value is -1.04. The van der Waals surface area contributed by atoms with E-state index in [1.165, 1.54) is 32.1 Å². The van der Waals surface area contributed by atoms with Gasteiger partial charge in [-0.05, 0) is 31.6 Å². The minimum absolute atomic E-state index is 0.0462. The van der Waals surface area contributed by atoms with Crippen molar-refractivity contribution in [1.29, 1.82) is 5.26 Å². The Morgan fingerprint density at radius 2 is 1.85 bits per heavy atom. The van der Waals surface area contributed by atoms with E-state index < -0.39 is 5.41 Å². The lowest BCUT2D eigenvalue weighted by Gasteiger charge is -2.24. The summed E-state index contributed by atoms with van der Waals surface area (Å²) in [4.78, 5) is 12.3. The molecule has 0 aliphatic heterocycles. The molecule has 0 heterocycles. The van der Waals surface area contributed by atoms with Crippen molar-refractivity contribution in [2.45, 2.75) is 78.1 Å². The van der Waals surface area contributed by atoms with Crippen molar-refractivity contribution in [2.24, 2.45) is 11.3 Å². The molecule has 0 atom stereocenters. The number of nitrogens with zero attached hydrogens (tertiary/aromatic N) is 1. The molecule has 0 radical (unpaired) electrons. The maximum atomic E-state index is 12.3. The van der Waals surface area contributed by atoms with E-state index in [2.05, 4.69) is 11.4 Å². The first-order valence-corrected chi connectivity index (χ1v) is 8.38. The average Bonchev–Trinajstić information content (AvgIpc) is 2.96. The van der Waals surface area contributed by atoms with Crippen molar-refractivity contribution in [1.82, 2.24) is 5.32 Å². The molecular weight excluding hydrogens is 248 g/mol. The van der Waals surface area contributed by atoms with Crippen LogP contribution in [0.3, 0.4) is 0 Å². The topological polar surface area (TPSA) is 52.9 Å². The average molecular weight is 278 g/mol. The van der Waals surface area contributed by atoms with Crippen LogP contribution in [0.5, 0.6) is 0 Å². The van der Waals surface area contributed by atoms with Crippen molar-refractivity contribution in [2.75, 3.05) is 6.54 Å². The number of nitriles is 1. The number of carbonyl (C=O) groups excluding carboxylic acids is 1. The summed E-state index contributed by atoms with van der Waals surface area (Å²) in [5, 5.41) is 12.4. The van der Waals surface area contributed by atoms with Crippen LogP contribution < -0.4 is 5.32 Å². The van der Waals surface area contributed by atoms with Crippen LogP contribution in [0.1, 0.15) is 78.1 Å². The van der Waals surface area contributed by atoms with Gasteiger partial charge in [0.25, 0.3) is 0 Å². The molecule has 0 bridgehead atoms. The Labute approximate surface area is 124 Å². The third-order valence-corrected chi connectivity index (χ3v) is 4.55. The largest absolute Gasteiger partial charge is 0.355 e. The van der Waals surface area contributed by atoms with Gasteiger partial charge in [-0.3, -0.25) is 4.79 Å². The molecule has 1 amide bonds. The standard InChI is InChI=1S/C17H30N2O/c1-3-11-17(14-18,12-4-2)16(20)19-13-7-10-15-8-5-6-9-15/h15H,3-13H2,1-2H3,(H,19,20). The van der Waals surface area contributed by atoms with E-state index in [9.17, 15) is 10.1 Å². The number of hydrogen-bond acceptors (Lipinski definition) is 2. The molecule has 1 fully saturated rings. The molecule has 0 spiro atoms. The predicted octanol–water partition coefficient (Wildman–Crippen LogP) is 4.18. The Balaban J connectivity index is 2.35. The maximum Gasteiger partial charge on any atom is 0.240 e. The zero-order valence-electron chi connectivity index (χ0n) is 13.2. The molecule has 0 aromatic rings. The normalized spacial score (nSPS) is 16.1. The van der Waals surface area contributed by atoms with Gasteiger partial charge in [-0.25, -0.2) is 0 Å². The van der Waals surface area contributed by atoms with Crippen molar-refractivity contribution >= 4 is 5.91 Å². The molecule has 3 heteroatoms. The Morgan fingerprint density at radius 3 is 2.35 bits per heavy atom. The molecular formula is C17H30N2O. The number of carbonyl (C=O) groups is 1. The number of hydrogen-bond donors (Lipinski definition) is 1. The molecule has 1 N–H and O–H groups in total. The van der Waals surface area contributed by atoms with Gasteiger partial charge in [-0.1, -0.05) is 52.4 Å². The van der Waals surface area contributed by atoms with Gasteiger partial charge in [0.1, 0.15) is 5.41 Å². The van der Waals surface area contributed by atoms with E-state index in [4.69, 9.17) is 0 Å². The van der Waals surface area contributed by atoms with Crippen LogP contribution in [0.25, 0.3) is 0 Å². The second kappa shape index (κ2) is 9.00. The van der Waals surface area contributed by atoms with Crippen molar-refractivity contribution in [3.8, 4) is 6.07 Å². The number of rotatable bonds is 9. The zero-order valence-corrected chi connectivity index (χ0v) is 13.2. The predicted molar refractivity (Wildman–Crippen MR) is 82.1 cm³/mol. The number of amides is 1. The zero-order chi connectivity index (χ0) is 14.8. The van der Waals surface area contributed by atoms with Crippen LogP contribution in [-0.4, -0.2) is 12.5 Å². The van der Waals surface area contributed by atoms with E-state index in [0.29, 0.717) is 12.8 Å². The van der Waals surface area contributed by atoms with Crippen molar-refractivity contribution in [3.05, 3.63) is 0 Å². The van der Waals surface area contributed by atoms with Crippen LogP contribution >= 0.6 is 0 Å². The molecule has 114 valence electrons. The fourth-order valence-corrected chi connectivity index (χ4v) is 3.43. The maximum absolute atomic E-state index is 12.3. The Kier molecular flexibility index (Phi) is 7.65. The van der Waals surface area contributed by atoms with E-state index in [1.807, 2.05) is 13.8 Å². The SMILES string of the molecule is CCCC(C#N)(CCC)C(=O)NCCCC1CCCC1. The van der Waals surface area contributed by atoms with Gasteiger partial charge in [0.15, 0.2) is 0 Å². The lowest BCUT2D eigenvalue weighted by Crippen LogP contribution is -2.40. The van der Waals surface area contributed by atoms with Crippen LogP contribution in [0.15, 0.2) is 0 Å². The molecule has 1 aliphatic carbocycles. The summed E-state index contributed by atoms with van der Waals surface area (Å²) < 4.78 is 0. The fourth-order valence-electron chi connectivity index (χ4n) is 3.43. The van der Waals surface area contributed by atoms with Crippen LogP contribution in [0.4, 0.5) is 0 Å². The molecule has 0 unspecified atom stereocenters. The molecule has 3 nitrogen and oxygen atoms in total. The van der Waals surface area contributed by atoms with Crippen molar-refractivity contribution < 1.29 is 4.79 Å². The molecule has 0 aromatic heterocycles. The quantitative estimate of drug-likeness (QED) is 0.643. The summed E-state index contributed by atoms with van der Waals surface area (Å²) in [6, 6.07) is 2.29. The molecule has 1 rings (SSSR count). The first-order valence-electron chi connectivity index (χ1n) is 8.38. The van der Waals surface area contributed by atoms with E-state index >= 15 is 0 Å². The minimum atomic E-state index is -0.795. The molecule has 0 saturated heterocycles. The van der Waals surface area contributed by atoms with E-state index in [-0.39, 0.29) is 5.91 Å². The van der Waals surface area contributed by atoms with Crippen molar-refractivity contribution in [3.63, 3.8) is 0 Å². The molecule has 20 heavy (non-hydrogen) atoms. The monoisotopic (exact) mass is 278 g/mol. The smallest absolute Gasteiger partial charge is 0.240 e. The van der Waals surface area contributed by atoms with E-state index in [1.54, 1.807) is 0 Å². The van der Waals surface area contributed by atoms with Crippen LogP contribution in [-0.2, 0) is 4.79 Å². The third-order valence-electron chi connectivity index (χ3n) is 4.55. The van der Waals surface area contributed by atoms with Gasteiger partial charge in [-0.15, -0.1) is 0 Å². The summed E-state index contributed by atoms with van der Waals surface area (Å²) in [6.45, 7) is 4.80. The summed E-state index contributed by atoms with van der Waals surface area (Å²) in [7, 11) is 0.